The number of carbonyl (C=O) groups excluding carboxylic acids is 1. The van der Waals surface area contributed by atoms with E-state index >= 15 is 0 Å². The number of nitrogens with one attached hydrogen (secondary N) is 1. The van der Waals surface area contributed by atoms with Crippen LogP contribution in [0.4, 0.5) is 0 Å². The van der Waals surface area contributed by atoms with Crippen LogP contribution in [-0.2, 0) is 11.3 Å². The van der Waals surface area contributed by atoms with Gasteiger partial charge in [-0.25, -0.2) is 0 Å². The second-order valence-corrected chi connectivity index (χ2v) is 5.77. The Morgan fingerprint density at radius 1 is 0.913 bits per heavy atom. The minimum Gasteiger partial charge on any atom is -0.351 e. The monoisotopic (exact) mass is 303 g/mol. The van der Waals surface area contributed by atoms with E-state index in [1.807, 2.05) is 49.4 Å². The molecular formula is C21H21NO. The van der Waals surface area contributed by atoms with Crippen LogP contribution in [0.15, 0.2) is 72.8 Å². The Bertz CT molecular complexity index is 795. The molecule has 1 amide bonds. The van der Waals surface area contributed by atoms with Crippen LogP contribution in [-0.4, -0.2) is 5.91 Å². The van der Waals surface area contributed by atoms with Crippen molar-refractivity contribution in [3.63, 3.8) is 0 Å². The van der Waals surface area contributed by atoms with Crippen molar-refractivity contribution in [3.8, 4) is 0 Å². The summed E-state index contributed by atoms with van der Waals surface area (Å²) in [5.41, 5.74) is 2.20. The van der Waals surface area contributed by atoms with Gasteiger partial charge in [0, 0.05) is 6.54 Å². The molecule has 3 aromatic rings. The number of fused-ring (bicyclic) bond motifs is 1. The zero-order chi connectivity index (χ0) is 16.1. The maximum atomic E-state index is 12.5. The van der Waals surface area contributed by atoms with Gasteiger partial charge in [-0.15, -0.1) is 0 Å². The Kier molecular flexibility index (Phi) is 4.72. The third-order valence-electron chi connectivity index (χ3n) is 4.21. The Hall–Kier alpha value is -2.61. The lowest BCUT2D eigenvalue weighted by Crippen LogP contribution is -2.28. The van der Waals surface area contributed by atoms with Crippen molar-refractivity contribution in [2.24, 2.45) is 0 Å². The lowest BCUT2D eigenvalue weighted by atomic mass is 9.95. The van der Waals surface area contributed by atoms with Crippen molar-refractivity contribution in [3.05, 3.63) is 83.9 Å². The van der Waals surface area contributed by atoms with E-state index < -0.39 is 0 Å². The van der Waals surface area contributed by atoms with E-state index in [1.165, 1.54) is 10.8 Å². The van der Waals surface area contributed by atoms with Crippen molar-refractivity contribution in [1.29, 1.82) is 0 Å². The van der Waals surface area contributed by atoms with Gasteiger partial charge in [0.05, 0.1) is 5.92 Å². The van der Waals surface area contributed by atoms with Gasteiger partial charge in [-0.2, -0.15) is 0 Å². The summed E-state index contributed by atoms with van der Waals surface area (Å²) in [6.45, 7) is 2.61. The first-order valence-corrected chi connectivity index (χ1v) is 8.08. The van der Waals surface area contributed by atoms with Gasteiger partial charge >= 0.3 is 0 Å². The van der Waals surface area contributed by atoms with Crippen LogP contribution < -0.4 is 5.32 Å². The van der Waals surface area contributed by atoms with Gasteiger partial charge in [0.1, 0.15) is 0 Å². The lowest BCUT2D eigenvalue weighted by molar-refractivity contribution is -0.122. The molecule has 0 aliphatic carbocycles. The summed E-state index contributed by atoms with van der Waals surface area (Å²) in [6, 6.07) is 24.6. The third kappa shape index (κ3) is 3.59. The first kappa shape index (κ1) is 15.3. The molecule has 116 valence electrons. The Morgan fingerprint density at radius 2 is 1.61 bits per heavy atom. The highest BCUT2D eigenvalue weighted by atomic mass is 16.1. The molecule has 1 unspecified atom stereocenters. The molecule has 0 spiro atoms. The second-order valence-electron chi connectivity index (χ2n) is 5.77. The molecule has 1 N–H and O–H groups in total. The van der Waals surface area contributed by atoms with Crippen LogP contribution in [0.25, 0.3) is 10.8 Å². The predicted molar refractivity (Wildman–Crippen MR) is 95.3 cm³/mol. The highest BCUT2D eigenvalue weighted by molar-refractivity contribution is 5.84. The van der Waals surface area contributed by atoms with E-state index in [2.05, 4.69) is 35.6 Å². The molecule has 0 saturated carbocycles. The Balaban J connectivity index is 1.69. The lowest BCUT2D eigenvalue weighted by Gasteiger charge is -2.15. The fourth-order valence-corrected chi connectivity index (χ4v) is 2.92. The zero-order valence-corrected chi connectivity index (χ0v) is 13.3. The fraction of sp³-hybridized carbons (Fsp3) is 0.190. The fourth-order valence-electron chi connectivity index (χ4n) is 2.92. The maximum absolute atomic E-state index is 12.5. The summed E-state index contributed by atoms with van der Waals surface area (Å²) in [6.07, 6.45) is 0.799. The highest BCUT2D eigenvalue weighted by Gasteiger charge is 2.17. The summed E-state index contributed by atoms with van der Waals surface area (Å²) >= 11 is 0. The molecule has 3 rings (SSSR count). The topological polar surface area (TPSA) is 29.1 Å². The number of carbonyl (C=O) groups is 1. The summed E-state index contributed by atoms with van der Waals surface area (Å²) < 4.78 is 0. The van der Waals surface area contributed by atoms with Gasteiger partial charge in [0.25, 0.3) is 0 Å². The van der Waals surface area contributed by atoms with Gasteiger partial charge in [-0.05, 0) is 34.4 Å². The standard InChI is InChI=1S/C21H21NO/c1-2-20(18-9-4-3-5-10-18)21(23)22-15-16-12-13-17-8-6-7-11-19(17)14-16/h3-14,20H,2,15H2,1H3,(H,22,23). The van der Waals surface area contributed by atoms with E-state index in [0.29, 0.717) is 6.54 Å². The van der Waals surface area contributed by atoms with Gasteiger partial charge in [0.2, 0.25) is 5.91 Å². The quantitative estimate of drug-likeness (QED) is 0.730. The third-order valence-corrected chi connectivity index (χ3v) is 4.21. The van der Waals surface area contributed by atoms with Crippen LogP contribution in [0.1, 0.15) is 30.4 Å². The van der Waals surface area contributed by atoms with Crippen molar-refractivity contribution in [2.45, 2.75) is 25.8 Å². The summed E-state index contributed by atoms with van der Waals surface area (Å²) in [4.78, 5) is 12.5. The molecule has 0 radical (unpaired) electrons. The van der Waals surface area contributed by atoms with Crippen molar-refractivity contribution >= 4 is 16.7 Å². The summed E-state index contributed by atoms with van der Waals surface area (Å²) in [5, 5.41) is 5.50. The summed E-state index contributed by atoms with van der Waals surface area (Å²) in [5.74, 6) is 0.00325. The van der Waals surface area contributed by atoms with Gasteiger partial charge in [0.15, 0.2) is 0 Å². The first-order valence-electron chi connectivity index (χ1n) is 8.08. The number of rotatable bonds is 5. The molecule has 0 fully saturated rings. The molecule has 0 aliphatic rings. The normalized spacial score (nSPS) is 12.0. The zero-order valence-electron chi connectivity index (χ0n) is 13.3. The van der Waals surface area contributed by atoms with Crippen LogP contribution in [0.2, 0.25) is 0 Å². The molecule has 0 saturated heterocycles. The molecule has 1 atom stereocenters. The number of hydrogen-bond donors (Lipinski definition) is 1. The molecule has 2 heteroatoms. The molecule has 0 aromatic heterocycles. The highest BCUT2D eigenvalue weighted by Crippen LogP contribution is 2.20. The number of amides is 1. The van der Waals surface area contributed by atoms with Crippen molar-refractivity contribution in [1.82, 2.24) is 5.32 Å². The van der Waals surface area contributed by atoms with E-state index in [4.69, 9.17) is 0 Å². The van der Waals surface area contributed by atoms with Crippen molar-refractivity contribution < 1.29 is 4.79 Å². The van der Waals surface area contributed by atoms with Crippen LogP contribution >= 0.6 is 0 Å². The van der Waals surface area contributed by atoms with E-state index in [0.717, 1.165) is 17.5 Å². The van der Waals surface area contributed by atoms with Crippen LogP contribution in [0, 0.1) is 0 Å². The average molecular weight is 303 g/mol. The van der Waals surface area contributed by atoms with Crippen LogP contribution in [0.3, 0.4) is 0 Å². The first-order chi connectivity index (χ1) is 11.3. The largest absolute Gasteiger partial charge is 0.351 e. The molecule has 23 heavy (non-hydrogen) atoms. The molecule has 2 nitrogen and oxygen atoms in total. The molecular weight excluding hydrogens is 282 g/mol. The molecule has 3 aromatic carbocycles. The van der Waals surface area contributed by atoms with Gasteiger partial charge < -0.3 is 5.32 Å². The van der Waals surface area contributed by atoms with E-state index in [9.17, 15) is 4.79 Å². The molecule has 0 bridgehead atoms. The Labute approximate surface area is 137 Å². The molecule has 0 aliphatic heterocycles. The maximum Gasteiger partial charge on any atom is 0.227 e. The van der Waals surface area contributed by atoms with Crippen molar-refractivity contribution in [2.75, 3.05) is 0 Å². The second kappa shape index (κ2) is 7.10. The van der Waals surface area contributed by atoms with E-state index in [1.54, 1.807) is 0 Å². The van der Waals surface area contributed by atoms with Crippen LogP contribution in [0.5, 0.6) is 0 Å². The van der Waals surface area contributed by atoms with Gasteiger partial charge in [-0.1, -0.05) is 73.7 Å². The minimum atomic E-state index is -0.0864. The SMILES string of the molecule is CCC(C(=O)NCc1ccc2ccccc2c1)c1ccccc1. The summed E-state index contributed by atoms with van der Waals surface area (Å²) in [7, 11) is 0. The Morgan fingerprint density at radius 3 is 2.35 bits per heavy atom. The van der Waals surface area contributed by atoms with Gasteiger partial charge in [-0.3, -0.25) is 4.79 Å². The minimum absolute atomic E-state index is 0.0864. The number of benzene rings is 3. The predicted octanol–water partition coefficient (Wildman–Crippen LogP) is 4.65. The molecule has 0 heterocycles. The van der Waals surface area contributed by atoms with E-state index in [-0.39, 0.29) is 11.8 Å². The smallest absolute Gasteiger partial charge is 0.227 e. The number of hydrogen-bond acceptors (Lipinski definition) is 1. The average Bonchev–Trinajstić information content (AvgIpc) is 2.61.